The first-order chi connectivity index (χ1) is 16.9. The Hall–Kier alpha value is -3.85. The van der Waals surface area contributed by atoms with E-state index in [0.717, 1.165) is 6.42 Å². The number of nitrogens with one attached hydrogen (secondary N) is 2. The molecule has 35 heavy (non-hydrogen) atoms. The quantitative estimate of drug-likeness (QED) is 0.394. The highest BCUT2D eigenvalue weighted by atomic mass is 16.6. The van der Waals surface area contributed by atoms with E-state index in [1.54, 1.807) is 67.5 Å². The number of hydrogen-bond donors (Lipinski definition) is 2. The number of carbonyl (C=O) groups excluding carboxylic acids is 3. The smallest absolute Gasteiger partial charge is 0.338 e. The first-order valence-corrected chi connectivity index (χ1v) is 11.4. The van der Waals surface area contributed by atoms with Crippen molar-refractivity contribution in [2.24, 2.45) is 0 Å². The summed E-state index contributed by atoms with van der Waals surface area (Å²) in [4.78, 5) is 39.8. The van der Waals surface area contributed by atoms with Gasteiger partial charge in [-0.2, -0.15) is 0 Å². The summed E-state index contributed by atoms with van der Waals surface area (Å²) in [6.07, 6.45) is 0.740. The molecule has 2 aromatic rings. The maximum absolute atomic E-state index is 13.0. The normalized spacial score (nSPS) is 15.5. The summed E-state index contributed by atoms with van der Waals surface area (Å²) in [7, 11) is 3.09. The minimum Gasteiger partial charge on any atom is -0.497 e. The molecule has 0 unspecified atom stereocenters. The van der Waals surface area contributed by atoms with Gasteiger partial charge < -0.3 is 24.8 Å². The van der Waals surface area contributed by atoms with Crippen LogP contribution in [0.2, 0.25) is 0 Å². The molecule has 9 heteroatoms. The fraction of sp³-hybridized carbons (Fsp3) is 0.346. The lowest BCUT2D eigenvalue weighted by atomic mass is 9.94. The van der Waals surface area contributed by atoms with Gasteiger partial charge in [0, 0.05) is 30.6 Å². The Kier molecular flexibility index (Phi) is 8.86. The van der Waals surface area contributed by atoms with Crippen LogP contribution in [0, 0.1) is 0 Å². The molecular formula is C26H31N3O6. The van der Waals surface area contributed by atoms with Gasteiger partial charge in [0.05, 0.1) is 25.3 Å². The van der Waals surface area contributed by atoms with Crippen LogP contribution in [0.1, 0.15) is 42.2 Å². The van der Waals surface area contributed by atoms with Crippen LogP contribution in [0.3, 0.4) is 0 Å². The summed E-state index contributed by atoms with van der Waals surface area (Å²) in [5, 5.41) is 5.76. The van der Waals surface area contributed by atoms with Gasteiger partial charge in [-0.05, 0) is 55.3 Å². The first-order valence-electron chi connectivity index (χ1n) is 11.4. The minimum atomic E-state index is -0.683. The highest BCUT2D eigenvalue weighted by Crippen LogP contribution is 2.32. The van der Waals surface area contributed by atoms with E-state index >= 15 is 0 Å². The summed E-state index contributed by atoms with van der Waals surface area (Å²) in [5.74, 6) is -0.111. The molecule has 186 valence electrons. The van der Waals surface area contributed by atoms with Gasteiger partial charge in [-0.15, -0.1) is 0 Å². The van der Waals surface area contributed by atoms with Gasteiger partial charge in [-0.25, -0.2) is 9.59 Å². The van der Waals surface area contributed by atoms with Crippen LogP contribution in [0.15, 0.2) is 59.8 Å². The average Bonchev–Trinajstić information content (AvgIpc) is 2.86. The molecule has 0 saturated heterocycles. The van der Waals surface area contributed by atoms with Crippen LogP contribution in [-0.2, 0) is 14.3 Å². The second kappa shape index (κ2) is 12.0. The summed E-state index contributed by atoms with van der Waals surface area (Å²) < 4.78 is 15.5. The molecule has 2 aromatic carbocycles. The molecule has 2 N–H and O–H groups in total. The van der Waals surface area contributed by atoms with Gasteiger partial charge in [0.2, 0.25) is 0 Å². The van der Waals surface area contributed by atoms with Crippen LogP contribution in [0.25, 0.3) is 0 Å². The number of esters is 1. The zero-order valence-electron chi connectivity index (χ0n) is 20.4. The van der Waals surface area contributed by atoms with E-state index in [-0.39, 0.29) is 25.2 Å². The first kappa shape index (κ1) is 25.8. The molecule has 0 radical (unpaired) electrons. The Bertz CT molecular complexity index is 1080. The van der Waals surface area contributed by atoms with Gasteiger partial charge in [-0.1, -0.05) is 19.1 Å². The summed E-state index contributed by atoms with van der Waals surface area (Å²) >= 11 is 0. The van der Waals surface area contributed by atoms with Crippen LogP contribution in [0.5, 0.6) is 5.75 Å². The third-order valence-corrected chi connectivity index (χ3v) is 5.64. The highest BCUT2D eigenvalue weighted by Gasteiger charge is 2.36. The molecule has 0 bridgehead atoms. The number of rotatable bonds is 10. The number of nitrogens with zero attached hydrogens (tertiary/aromatic N) is 1. The van der Waals surface area contributed by atoms with Crippen molar-refractivity contribution >= 4 is 23.6 Å². The lowest BCUT2D eigenvalue weighted by Gasteiger charge is -2.35. The number of carbonyl (C=O) groups is 3. The number of methoxy groups -OCH3 is 2. The Morgan fingerprint density at radius 1 is 1.03 bits per heavy atom. The average molecular weight is 482 g/mol. The standard InChI is InChI=1S/C26H31N3O6/c1-5-14-29-17(2)22(25(31)35-16-15-33-3)23(28-26(29)32)18-6-10-20(11-7-18)27-24(30)19-8-12-21(34-4)13-9-19/h6-13,23H,5,14-16H2,1-4H3,(H,27,30)(H,28,32)/t23-/m0/s1. The number of anilines is 1. The van der Waals surface area contributed by atoms with E-state index in [1.165, 1.54) is 7.11 Å². The van der Waals surface area contributed by atoms with Crippen molar-refractivity contribution < 1.29 is 28.6 Å². The molecule has 0 saturated carbocycles. The molecule has 9 nitrogen and oxygen atoms in total. The van der Waals surface area contributed by atoms with E-state index in [9.17, 15) is 14.4 Å². The summed E-state index contributed by atoms with van der Waals surface area (Å²) in [6, 6.07) is 12.8. The molecule has 1 aliphatic rings. The van der Waals surface area contributed by atoms with Crippen LogP contribution in [0.4, 0.5) is 10.5 Å². The van der Waals surface area contributed by atoms with E-state index in [1.807, 2.05) is 6.92 Å². The fourth-order valence-electron chi connectivity index (χ4n) is 3.79. The predicted molar refractivity (Wildman–Crippen MR) is 131 cm³/mol. The molecule has 0 aliphatic carbocycles. The third-order valence-electron chi connectivity index (χ3n) is 5.64. The molecule has 3 rings (SSSR count). The van der Waals surface area contributed by atoms with Crippen molar-refractivity contribution in [3.63, 3.8) is 0 Å². The number of urea groups is 1. The Labute approximate surface area is 205 Å². The number of allylic oxidation sites excluding steroid dienone is 1. The van der Waals surface area contributed by atoms with Crippen LogP contribution in [-0.4, -0.2) is 56.8 Å². The summed E-state index contributed by atoms with van der Waals surface area (Å²) in [5.41, 5.74) is 2.68. The van der Waals surface area contributed by atoms with Gasteiger partial charge >= 0.3 is 12.0 Å². The molecule has 0 fully saturated rings. The SMILES string of the molecule is CCCN1C(=O)N[C@@H](c2ccc(NC(=O)c3ccc(OC)cc3)cc2)C(C(=O)OCCOC)=C1C. The van der Waals surface area contributed by atoms with Crippen molar-refractivity contribution in [1.29, 1.82) is 0 Å². The summed E-state index contributed by atoms with van der Waals surface area (Å²) in [6.45, 7) is 4.57. The fourth-order valence-corrected chi connectivity index (χ4v) is 3.79. The van der Waals surface area contributed by atoms with Gasteiger partial charge in [0.15, 0.2) is 0 Å². The van der Waals surface area contributed by atoms with Crippen molar-refractivity contribution in [2.45, 2.75) is 26.3 Å². The molecule has 1 heterocycles. The largest absolute Gasteiger partial charge is 0.497 e. The lowest BCUT2D eigenvalue weighted by molar-refractivity contribution is -0.140. The van der Waals surface area contributed by atoms with Crippen molar-refractivity contribution in [1.82, 2.24) is 10.2 Å². The van der Waals surface area contributed by atoms with E-state index in [4.69, 9.17) is 14.2 Å². The van der Waals surface area contributed by atoms with E-state index < -0.39 is 12.0 Å². The van der Waals surface area contributed by atoms with Crippen molar-refractivity contribution in [3.8, 4) is 5.75 Å². The lowest BCUT2D eigenvalue weighted by Crippen LogP contribution is -2.48. The Morgan fingerprint density at radius 3 is 2.31 bits per heavy atom. The molecule has 0 aromatic heterocycles. The zero-order chi connectivity index (χ0) is 25.4. The predicted octanol–water partition coefficient (Wildman–Crippen LogP) is 3.89. The van der Waals surface area contributed by atoms with Crippen molar-refractivity contribution in [2.75, 3.05) is 39.3 Å². The second-order valence-electron chi connectivity index (χ2n) is 7.97. The monoisotopic (exact) mass is 481 g/mol. The number of ether oxygens (including phenoxy) is 3. The topological polar surface area (TPSA) is 106 Å². The number of amides is 3. The van der Waals surface area contributed by atoms with Crippen LogP contribution < -0.4 is 15.4 Å². The molecule has 1 aliphatic heterocycles. The van der Waals surface area contributed by atoms with E-state index in [0.29, 0.717) is 40.4 Å². The van der Waals surface area contributed by atoms with Gasteiger partial charge in [-0.3, -0.25) is 9.69 Å². The highest BCUT2D eigenvalue weighted by molar-refractivity contribution is 6.04. The van der Waals surface area contributed by atoms with Gasteiger partial charge in [0.25, 0.3) is 5.91 Å². The Balaban J connectivity index is 1.82. The molecule has 1 atom stereocenters. The maximum Gasteiger partial charge on any atom is 0.338 e. The molecule has 3 amide bonds. The number of benzene rings is 2. The van der Waals surface area contributed by atoms with Crippen LogP contribution >= 0.6 is 0 Å². The van der Waals surface area contributed by atoms with Gasteiger partial charge in [0.1, 0.15) is 12.4 Å². The third kappa shape index (κ3) is 6.19. The van der Waals surface area contributed by atoms with E-state index in [2.05, 4.69) is 10.6 Å². The minimum absolute atomic E-state index is 0.108. The zero-order valence-corrected chi connectivity index (χ0v) is 20.4. The van der Waals surface area contributed by atoms with Crippen molar-refractivity contribution in [3.05, 3.63) is 70.9 Å². The Morgan fingerprint density at radius 2 is 1.71 bits per heavy atom. The molecular weight excluding hydrogens is 450 g/mol. The molecule has 0 spiro atoms. The number of hydrogen-bond acceptors (Lipinski definition) is 6. The second-order valence-corrected chi connectivity index (χ2v) is 7.97. The maximum atomic E-state index is 13.0.